The highest BCUT2D eigenvalue weighted by molar-refractivity contribution is 6.08. The Balaban J connectivity index is 2.74. The van der Waals surface area contributed by atoms with Crippen LogP contribution in [0.15, 0.2) is 48.5 Å². The van der Waals surface area contributed by atoms with Gasteiger partial charge in [0.2, 0.25) is 0 Å². The number of rotatable bonds is 4. The van der Waals surface area contributed by atoms with Gasteiger partial charge in [0.25, 0.3) is 0 Å². The number of carbonyl (C=O) groups is 2. The highest BCUT2D eigenvalue weighted by Crippen LogP contribution is 2.28. The molecule has 0 radical (unpaired) electrons. The molecule has 19 heavy (non-hydrogen) atoms. The molecule has 3 nitrogen and oxygen atoms in total. The monoisotopic (exact) mass is 254 g/mol. The van der Waals surface area contributed by atoms with Crippen molar-refractivity contribution >= 4 is 11.8 Å². The van der Waals surface area contributed by atoms with Crippen molar-refractivity contribution in [3.05, 3.63) is 59.7 Å². The van der Waals surface area contributed by atoms with Gasteiger partial charge in [-0.1, -0.05) is 49.4 Å². The lowest BCUT2D eigenvalue weighted by Crippen LogP contribution is -2.06. The average molecular weight is 254 g/mol. The van der Waals surface area contributed by atoms with Crippen molar-refractivity contribution in [3.8, 4) is 11.1 Å². The van der Waals surface area contributed by atoms with Gasteiger partial charge < -0.3 is 5.11 Å². The van der Waals surface area contributed by atoms with E-state index in [1.807, 2.05) is 30.3 Å². The van der Waals surface area contributed by atoms with Gasteiger partial charge in [-0.25, -0.2) is 4.79 Å². The summed E-state index contributed by atoms with van der Waals surface area (Å²) in [6, 6.07) is 14.0. The molecule has 0 atom stereocenters. The van der Waals surface area contributed by atoms with E-state index in [4.69, 9.17) is 0 Å². The van der Waals surface area contributed by atoms with E-state index >= 15 is 0 Å². The van der Waals surface area contributed by atoms with E-state index < -0.39 is 5.97 Å². The van der Waals surface area contributed by atoms with Gasteiger partial charge in [0.15, 0.2) is 5.78 Å². The van der Waals surface area contributed by atoms with Crippen LogP contribution >= 0.6 is 0 Å². The van der Waals surface area contributed by atoms with Gasteiger partial charge >= 0.3 is 5.97 Å². The summed E-state index contributed by atoms with van der Waals surface area (Å²) in [5.74, 6) is -1.08. The van der Waals surface area contributed by atoms with Gasteiger partial charge in [0.1, 0.15) is 0 Å². The van der Waals surface area contributed by atoms with Crippen LogP contribution in [0.5, 0.6) is 0 Å². The summed E-state index contributed by atoms with van der Waals surface area (Å²) in [6.45, 7) is 1.77. The first-order valence-corrected chi connectivity index (χ1v) is 6.10. The first kappa shape index (κ1) is 13.0. The maximum absolute atomic E-state index is 12.0. The Morgan fingerprint density at radius 2 is 1.58 bits per heavy atom. The number of hydrogen-bond acceptors (Lipinski definition) is 2. The van der Waals surface area contributed by atoms with Crippen molar-refractivity contribution in [1.29, 1.82) is 0 Å². The Hall–Kier alpha value is -2.42. The van der Waals surface area contributed by atoms with E-state index in [2.05, 4.69) is 0 Å². The zero-order valence-electron chi connectivity index (χ0n) is 10.6. The van der Waals surface area contributed by atoms with Crippen LogP contribution in [-0.2, 0) is 0 Å². The summed E-state index contributed by atoms with van der Waals surface area (Å²) in [5.41, 5.74) is 1.87. The van der Waals surface area contributed by atoms with Crippen LogP contribution in [-0.4, -0.2) is 16.9 Å². The second-order valence-corrected chi connectivity index (χ2v) is 4.18. The molecule has 2 rings (SSSR count). The second-order valence-electron chi connectivity index (χ2n) is 4.18. The number of hydrogen-bond donors (Lipinski definition) is 1. The molecule has 0 aromatic heterocycles. The number of ketones is 1. The molecule has 0 spiro atoms. The van der Waals surface area contributed by atoms with Crippen molar-refractivity contribution in [1.82, 2.24) is 0 Å². The molecule has 2 aromatic carbocycles. The smallest absolute Gasteiger partial charge is 0.336 e. The summed E-state index contributed by atoms with van der Waals surface area (Å²) in [4.78, 5) is 23.3. The largest absolute Gasteiger partial charge is 0.478 e. The van der Waals surface area contributed by atoms with Crippen molar-refractivity contribution < 1.29 is 14.7 Å². The first-order valence-electron chi connectivity index (χ1n) is 6.10. The molecule has 0 fully saturated rings. The van der Waals surface area contributed by atoms with Crippen LogP contribution in [0, 0.1) is 0 Å². The molecule has 0 heterocycles. The lowest BCUT2D eigenvalue weighted by molar-refractivity contribution is 0.0697. The van der Waals surface area contributed by atoms with Crippen LogP contribution in [0.3, 0.4) is 0 Å². The van der Waals surface area contributed by atoms with E-state index in [1.54, 1.807) is 19.1 Å². The summed E-state index contributed by atoms with van der Waals surface area (Å²) in [5, 5.41) is 9.29. The van der Waals surface area contributed by atoms with E-state index in [0.29, 0.717) is 17.5 Å². The fraction of sp³-hybridized carbons (Fsp3) is 0.125. The number of benzene rings is 2. The first-order chi connectivity index (χ1) is 9.15. The van der Waals surface area contributed by atoms with Gasteiger partial charge in [-0.05, 0) is 11.6 Å². The minimum atomic E-state index is -1.02. The van der Waals surface area contributed by atoms with E-state index in [1.165, 1.54) is 6.07 Å². The molecule has 0 aliphatic rings. The fourth-order valence-electron chi connectivity index (χ4n) is 2.07. The second kappa shape index (κ2) is 5.48. The predicted octanol–water partition coefficient (Wildman–Crippen LogP) is 3.64. The average Bonchev–Trinajstić information content (AvgIpc) is 2.46. The van der Waals surface area contributed by atoms with Gasteiger partial charge in [0.05, 0.1) is 5.56 Å². The van der Waals surface area contributed by atoms with Crippen LogP contribution in [0.1, 0.15) is 34.1 Å². The molecular weight excluding hydrogens is 240 g/mol. The van der Waals surface area contributed by atoms with Crippen molar-refractivity contribution in [2.45, 2.75) is 13.3 Å². The van der Waals surface area contributed by atoms with Crippen LogP contribution in [0.4, 0.5) is 0 Å². The maximum Gasteiger partial charge on any atom is 0.336 e. The summed E-state index contributed by atoms with van der Waals surface area (Å²) >= 11 is 0. The quantitative estimate of drug-likeness (QED) is 0.847. The maximum atomic E-state index is 12.0. The Morgan fingerprint density at radius 3 is 2.16 bits per heavy atom. The highest BCUT2D eigenvalue weighted by Gasteiger charge is 2.18. The third-order valence-corrected chi connectivity index (χ3v) is 2.98. The molecule has 0 unspecified atom stereocenters. The van der Waals surface area contributed by atoms with Crippen LogP contribution < -0.4 is 0 Å². The summed E-state index contributed by atoms with van der Waals surface area (Å²) < 4.78 is 0. The van der Waals surface area contributed by atoms with Crippen molar-refractivity contribution in [2.24, 2.45) is 0 Å². The van der Waals surface area contributed by atoms with Crippen LogP contribution in [0.2, 0.25) is 0 Å². The van der Waals surface area contributed by atoms with Gasteiger partial charge in [-0.15, -0.1) is 0 Å². The molecule has 0 aliphatic heterocycles. The van der Waals surface area contributed by atoms with E-state index in [0.717, 1.165) is 5.56 Å². The molecule has 0 saturated carbocycles. The third kappa shape index (κ3) is 2.55. The Morgan fingerprint density at radius 1 is 0.947 bits per heavy atom. The topological polar surface area (TPSA) is 54.4 Å². The molecule has 2 aromatic rings. The number of carbonyl (C=O) groups excluding carboxylic acids is 1. The fourth-order valence-corrected chi connectivity index (χ4v) is 2.07. The number of aromatic carboxylic acids is 1. The normalized spacial score (nSPS) is 10.2. The van der Waals surface area contributed by atoms with Gasteiger partial charge in [-0.3, -0.25) is 4.79 Å². The Bertz CT molecular complexity index is 615. The molecular formula is C16H14O3. The minimum Gasteiger partial charge on any atom is -0.478 e. The Labute approximate surface area is 111 Å². The molecule has 0 bridgehead atoms. The zero-order chi connectivity index (χ0) is 13.8. The van der Waals surface area contributed by atoms with Crippen LogP contribution in [0.25, 0.3) is 11.1 Å². The van der Waals surface area contributed by atoms with E-state index in [-0.39, 0.29) is 11.3 Å². The Kier molecular flexibility index (Phi) is 3.76. The molecule has 0 aliphatic carbocycles. The van der Waals surface area contributed by atoms with Crippen molar-refractivity contribution in [2.75, 3.05) is 0 Å². The standard InChI is InChI=1S/C16H14O3/c1-2-14(17)12-9-6-10-13(16(18)19)15(12)11-7-4-3-5-8-11/h3-10H,2H2,1H3,(H,18,19). The zero-order valence-corrected chi connectivity index (χ0v) is 10.6. The molecule has 96 valence electrons. The molecule has 0 saturated heterocycles. The van der Waals surface area contributed by atoms with Crippen molar-refractivity contribution in [3.63, 3.8) is 0 Å². The lowest BCUT2D eigenvalue weighted by atomic mass is 9.91. The highest BCUT2D eigenvalue weighted by atomic mass is 16.4. The van der Waals surface area contributed by atoms with Gasteiger partial charge in [-0.2, -0.15) is 0 Å². The summed E-state index contributed by atoms with van der Waals surface area (Å²) in [7, 11) is 0. The number of Topliss-reactive ketones (excluding diaryl/α,β-unsaturated/α-hetero) is 1. The third-order valence-electron chi connectivity index (χ3n) is 2.98. The molecule has 0 amide bonds. The van der Waals surface area contributed by atoms with E-state index in [9.17, 15) is 14.7 Å². The minimum absolute atomic E-state index is 0.0537. The number of carboxylic acid groups (broad SMARTS) is 1. The lowest BCUT2D eigenvalue weighted by Gasteiger charge is -2.11. The summed E-state index contributed by atoms with van der Waals surface area (Å²) in [6.07, 6.45) is 0.350. The molecule has 3 heteroatoms. The predicted molar refractivity (Wildman–Crippen MR) is 73.5 cm³/mol. The van der Waals surface area contributed by atoms with Gasteiger partial charge in [0, 0.05) is 17.5 Å². The molecule has 1 N–H and O–H groups in total. The SMILES string of the molecule is CCC(=O)c1cccc(C(=O)O)c1-c1ccccc1. The number of carboxylic acids is 1.